The molecule has 0 fully saturated rings. The molecule has 0 aliphatic rings. The van der Waals surface area contributed by atoms with Crippen LogP contribution in [0.4, 0.5) is 13.2 Å². The van der Waals surface area contributed by atoms with Crippen molar-refractivity contribution in [1.82, 2.24) is 15.2 Å². The van der Waals surface area contributed by atoms with Gasteiger partial charge in [-0.1, -0.05) is 36.4 Å². The van der Waals surface area contributed by atoms with Gasteiger partial charge in [0.25, 0.3) is 0 Å². The summed E-state index contributed by atoms with van der Waals surface area (Å²) in [4.78, 5) is 3.83. The monoisotopic (exact) mass is 444 g/mol. The van der Waals surface area contributed by atoms with E-state index >= 15 is 0 Å². The Morgan fingerprint density at radius 2 is 1.48 bits per heavy atom. The summed E-state index contributed by atoms with van der Waals surface area (Å²) >= 11 is 0. The summed E-state index contributed by atoms with van der Waals surface area (Å²) in [5, 5.41) is 11.2. The van der Waals surface area contributed by atoms with Crippen LogP contribution >= 0.6 is 0 Å². The molecule has 0 amide bonds. The average Bonchev–Trinajstić information content (AvgIpc) is 3.20. The maximum Gasteiger partial charge on any atom is 0.433 e. The van der Waals surface area contributed by atoms with Crippen molar-refractivity contribution in [3.05, 3.63) is 78.8 Å². The first-order valence-corrected chi connectivity index (χ1v) is 10.5. The minimum atomic E-state index is -4.63. The van der Waals surface area contributed by atoms with Crippen LogP contribution in [0, 0.1) is 0 Å². The second kappa shape index (κ2) is 7.64. The molecule has 6 nitrogen and oxygen atoms in total. The van der Waals surface area contributed by atoms with Gasteiger partial charge < -0.3 is 0 Å². The Bertz CT molecular complexity index is 1330. The van der Waals surface area contributed by atoms with Gasteiger partial charge in [0, 0.05) is 23.5 Å². The molecule has 2 aromatic heterocycles. The molecule has 0 spiro atoms. The highest BCUT2D eigenvalue weighted by atomic mass is 32.2. The largest absolute Gasteiger partial charge is 0.433 e. The summed E-state index contributed by atoms with van der Waals surface area (Å²) in [6, 6.07) is 15.4. The van der Waals surface area contributed by atoms with E-state index in [9.17, 15) is 21.6 Å². The number of rotatable bonds is 4. The molecule has 3 N–H and O–H groups in total. The van der Waals surface area contributed by atoms with Crippen LogP contribution in [0.25, 0.3) is 33.5 Å². The molecule has 0 bridgehead atoms. The first kappa shape index (κ1) is 20.8. The Balaban J connectivity index is 1.81. The Hall–Kier alpha value is -3.50. The predicted molar refractivity (Wildman–Crippen MR) is 109 cm³/mol. The molecule has 4 aromatic rings. The highest BCUT2D eigenvalue weighted by molar-refractivity contribution is 7.89. The third-order valence-corrected chi connectivity index (χ3v) is 5.58. The van der Waals surface area contributed by atoms with E-state index in [4.69, 9.17) is 5.14 Å². The number of sulfonamides is 1. The van der Waals surface area contributed by atoms with Crippen molar-refractivity contribution in [2.24, 2.45) is 5.14 Å². The molecular formula is C21H15F3N4O2S. The van der Waals surface area contributed by atoms with E-state index in [-0.39, 0.29) is 16.2 Å². The fourth-order valence-electron chi connectivity index (χ4n) is 3.23. The van der Waals surface area contributed by atoms with Crippen molar-refractivity contribution in [3.63, 3.8) is 0 Å². The van der Waals surface area contributed by atoms with Crippen molar-refractivity contribution < 1.29 is 21.6 Å². The molecule has 0 radical (unpaired) electrons. The molecule has 0 saturated heterocycles. The number of benzene rings is 2. The summed E-state index contributed by atoms with van der Waals surface area (Å²) in [6.45, 7) is 0. The molecule has 2 aromatic carbocycles. The van der Waals surface area contributed by atoms with Gasteiger partial charge in [0.15, 0.2) is 0 Å². The molecule has 0 atom stereocenters. The van der Waals surface area contributed by atoms with E-state index in [2.05, 4.69) is 15.2 Å². The van der Waals surface area contributed by atoms with Crippen LogP contribution < -0.4 is 5.14 Å². The first-order chi connectivity index (χ1) is 14.6. The van der Waals surface area contributed by atoms with Crippen LogP contribution in [0.5, 0.6) is 0 Å². The number of nitrogens with one attached hydrogen (secondary N) is 1. The van der Waals surface area contributed by atoms with E-state index in [1.54, 1.807) is 36.4 Å². The minimum absolute atomic E-state index is 0.0526. The van der Waals surface area contributed by atoms with E-state index in [1.807, 2.05) is 0 Å². The molecule has 31 heavy (non-hydrogen) atoms. The normalized spacial score (nSPS) is 12.1. The summed E-state index contributed by atoms with van der Waals surface area (Å²) in [5.74, 6) is 0. The summed E-state index contributed by atoms with van der Waals surface area (Å²) in [6.07, 6.45) is -1.68. The van der Waals surface area contributed by atoms with Crippen LogP contribution in [0.2, 0.25) is 0 Å². The fraction of sp³-hybridized carbons (Fsp3) is 0.0476. The SMILES string of the molecule is NS(=O)(=O)c1cccc(-c2ccc(-c3c(-c4ccncc4)n[nH]c3C(F)(F)F)cc2)c1. The van der Waals surface area contributed by atoms with Crippen LogP contribution in [0.15, 0.2) is 78.0 Å². The molecule has 10 heteroatoms. The maximum absolute atomic E-state index is 13.6. The lowest BCUT2D eigenvalue weighted by Crippen LogP contribution is -2.11. The van der Waals surface area contributed by atoms with Crippen molar-refractivity contribution in [1.29, 1.82) is 0 Å². The van der Waals surface area contributed by atoms with Gasteiger partial charge in [0.05, 0.1) is 4.90 Å². The Kier molecular flexibility index (Phi) is 5.11. The number of nitrogens with two attached hydrogens (primary N) is 1. The van der Waals surface area contributed by atoms with E-state index in [0.29, 0.717) is 22.3 Å². The zero-order chi connectivity index (χ0) is 22.2. The Morgan fingerprint density at radius 1 is 0.839 bits per heavy atom. The van der Waals surface area contributed by atoms with Gasteiger partial charge >= 0.3 is 6.18 Å². The van der Waals surface area contributed by atoms with Gasteiger partial charge in [0.2, 0.25) is 10.0 Å². The Labute approximate surface area is 175 Å². The molecule has 2 heterocycles. The van der Waals surface area contributed by atoms with E-state index in [0.717, 1.165) is 0 Å². The lowest BCUT2D eigenvalue weighted by atomic mass is 9.96. The van der Waals surface area contributed by atoms with Gasteiger partial charge in [0.1, 0.15) is 11.4 Å². The van der Waals surface area contributed by atoms with Crippen molar-refractivity contribution in [2.45, 2.75) is 11.1 Å². The second-order valence-electron chi connectivity index (χ2n) is 6.71. The van der Waals surface area contributed by atoms with Gasteiger partial charge in [-0.25, -0.2) is 13.6 Å². The fourth-order valence-corrected chi connectivity index (χ4v) is 3.79. The third kappa shape index (κ3) is 4.21. The van der Waals surface area contributed by atoms with E-state index in [1.165, 1.54) is 36.7 Å². The summed E-state index contributed by atoms with van der Waals surface area (Å²) in [5.41, 5.74) is 1.10. The zero-order valence-electron chi connectivity index (χ0n) is 15.8. The van der Waals surface area contributed by atoms with E-state index < -0.39 is 21.9 Å². The highest BCUT2D eigenvalue weighted by Crippen LogP contribution is 2.41. The number of H-pyrrole nitrogens is 1. The lowest BCUT2D eigenvalue weighted by Gasteiger charge is -2.10. The number of aromatic amines is 1. The number of alkyl halides is 3. The topological polar surface area (TPSA) is 102 Å². The van der Waals surface area contributed by atoms with Gasteiger partial charge in [-0.3, -0.25) is 10.1 Å². The number of pyridine rings is 1. The number of nitrogens with zero attached hydrogens (tertiary/aromatic N) is 2. The summed E-state index contributed by atoms with van der Waals surface area (Å²) < 4.78 is 64.0. The number of hydrogen-bond acceptors (Lipinski definition) is 4. The number of halogens is 3. The smallest absolute Gasteiger partial charge is 0.272 e. The van der Waals surface area contributed by atoms with Gasteiger partial charge in [-0.15, -0.1) is 0 Å². The van der Waals surface area contributed by atoms with Crippen molar-refractivity contribution in [3.8, 4) is 33.5 Å². The first-order valence-electron chi connectivity index (χ1n) is 8.94. The minimum Gasteiger partial charge on any atom is -0.272 e. The number of primary sulfonamides is 1. The Morgan fingerprint density at radius 3 is 2.10 bits per heavy atom. The van der Waals surface area contributed by atoms with Crippen molar-refractivity contribution in [2.75, 3.05) is 0 Å². The van der Waals surface area contributed by atoms with Crippen LogP contribution in [-0.4, -0.2) is 23.6 Å². The molecule has 0 saturated carbocycles. The number of aromatic nitrogens is 3. The van der Waals surface area contributed by atoms with Gasteiger partial charge in [-0.05, 0) is 41.0 Å². The highest BCUT2D eigenvalue weighted by Gasteiger charge is 2.38. The second-order valence-corrected chi connectivity index (χ2v) is 8.27. The lowest BCUT2D eigenvalue weighted by molar-refractivity contribution is -0.140. The maximum atomic E-state index is 13.6. The van der Waals surface area contributed by atoms with Crippen LogP contribution in [-0.2, 0) is 16.2 Å². The standard InChI is InChI=1S/C21H15F3N4O2S/c22-21(23,24)20-18(19(27-28-20)15-8-10-26-11-9-15)14-6-4-13(5-7-14)16-2-1-3-17(12-16)31(25,29)30/h1-12H,(H,27,28)(H2,25,29,30). The molecule has 158 valence electrons. The van der Waals surface area contributed by atoms with Gasteiger partial charge in [-0.2, -0.15) is 18.3 Å². The molecular weight excluding hydrogens is 429 g/mol. The molecule has 4 rings (SSSR count). The zero-order valence-corrected chi connectivity index (χ0v) is 16.6. The van der Waals surface area contributed by atoms with Crippen LogP contribution in [0.1, 0.15) is 5.69 Å². The summed E-state index contributed by atoms with van der Waals surface area (Å²) in [7, 11) is -3.88. The third-order valence-electron chi connectivity index (χ3n) is 4.67. The molecule has 0 aliphatic heterocycles. The quantitative estimate of drug-likeness (QED) is 0.485. The van der Waals surface area contributed by atoms with Crippen molar-refractivity contribution >= 4 is 10.0 Å². The molecule has 0 aliphatic carbocycles. The average molecular weight is 444 g/mol. The molecule has 0 unspecified atom stereocenters. The predicted octanol–water partition coefficient (Wildman–Crippen LogP) is 4.47. The van der Waals surface area contributed by atoms with Crippen LogP contribution in [0.3, 0.4) is 0 Å². The number of hydrogen-bond donors (Lipinski definition) is 2.